The van der Waals surface area contributed by atoms with E-state index in [2.05, 4.69) is 5.32 Å². The van der Waals surface area contributed by atoms with E-state index in [4.69, 9.17) is 0 Å². The van der Waals surface area contributed by atoms with Gasteiger partial charge < -0.3 is 10.4 Å². The number of anilines is 1. The first-order chi connectivity index (χ1) is 9.61. The topological polar surface area (TPSA) is 49.3 Å². The fourth-order valence-corrected chi connectivity index (χ4v) is 2.05. The van der Waals surface area contributed by atoms with Crippen molar-refractivity contribution in [1.29, 1.82) is 0 Å². The minimum atomic E-state index is -1.15. The monoisotopic (exact) mass is 269 g/mol. The molecule has 2 aromatic rings. The highest BCUT2D eigenvalue weighted by Gasteiger charge is 2.17. The summed E-state index contributed by atoms with van der Waals surface area (Å²) in [6.07, 6.45) is -0.322. The van der Waals surface area contributed by atoms with Crippen LogP contribution in [0, 0.1) is 6.92 Å². The summed E-state index contributed by atoms with van der Waals surface area (Å²) in [5.74, 6) is -0.408. The maximum absolute atomic E-state index is 12.1. The van der Waals surface area contributed by atoms with Gasteiger partial charge in [0.2, 0.25) is 0 Å². The lowest BCUT2D eigenvalue weighted by molar-refractivity contribution is -0.124. The summed E-state index contributed by atoms with van der Waals surface area (Å²) < 4.78 is 0. The molecular formula is C17H19NO2. The van der Waals surface area contributed by atoms with Crippen LogP contribution < -0.4 is 5.32 Å². The number of aliphatic hydroxyl groups is 1. The van der Waals surface area contributed by atoms with Crippen LogP contribution in [0.5, 0.6) is 0 Å². The summed E-state index contributed by atoms with van der Waals surface area (Å²) in [5.41, 5.74) is 3.50. The zero-order valence-electron chi connectivity index (χ0n) is 11.8. The van der Waals surface area contributed by atoms with Crippen molar-refractivity contribution in [3.63, 3.8) is 0 Å². The van der Waals surface area contributed by atoms with Gasteiger partial charge in [-0.25, -0.2) is 0 Å². The van der Waals surface area contributed by atoms with Gasteiger partial charge in [0.15, 0.2) is 6.10 Å². The van der Waals surface area contributed by atoms with Crippen LogP contribution in [-0.4, -0.2) is 11.0 Å². The summed E-state index contributed by atoms with van der Waals surface area (Å²) in [4.78, 5) is 12.1. The van der Waals surface area contributed by atoms with E-state index in [1.54, 1.807) is 12.1 Å². The molecule has 0 saturated carbocycles. The van der Waals surface area contributed by atoms with Gasteiger partial charge in [-0.3, -0.25) is 4.79 Å². The van der Waals surface area contributed by atoms with Gasteiger partial charge >= 0.3 is 0 Å². The van der Waals surface area contributed by atoms with Gasteiger partial charge in [0.25, 0.3) is 5.91 Å². The Kier molecular flexibility index (Phi) is 4.53. The van der Waals surface area contributed by atoms with Crippen LogP contribution in [0.2, 0.25) is 0 Å². The van der Waals surface area contributed by atoms with Crippen molar-refractivity contribution in [1.82, 2.24) is 0 Å². The van der Waals surface area contributed by atoms with Gasteiger partial charge in [0, 0.05) is 5.69 Å². The molecule has 0 bridgehead atoms. The Morgan fingerprint density at radius 3 is 2.45 bits per heavy atom. The van der Waals surface area contributed by atoms with Crippen LogP contribution in [-0.2, 0) is 11.2 Å². The predicted octanol–water partition coefficient (Wildman–Crippen LogP) is 3.23. The average molecular weight is 269 g/mol. The van der Waals surface area contributed by atoms with E-state index in [1.807, 2.05) is 50.2 Å². The van der Waals surface area contributed by atoms with Crippen molar-refractivity contribution >= 4 is 11.6 Å². The Morgan fingerprint density at radius 2 is 1.80 bits per heavy atom. The van der Waals surface area contributed by atoms with E-state index in [0.29, 0.717) is 5.56 Å². The summed E-state index contributed by atoms with van der Waals surface area (Å²) in [5, 5.41) is 12.9. The molecule has 20 heavy (non-hydrogen) atoms. The van der Waals surface area contributed by atoms with Crippen LogP contribution in [0.1, 0.15) is 29.7 Å². The molecule has 0 radical (unpaired) electrons. The second-order valence-electron chi connectivity index (χ2n) is 4.81. The molecule has 1 unspecified atom stereocenters. The molecule has 3 heteroatoms. The first-order valence-electron chi connectivity index (χ1n) is 6.75. The Hall–Kier alpha value is -2.13. The number of nitrogens with one attached hydrogen (secondary N) is 1. The molecule has 1 atom stereocenters. The zero-order chi connectivity index (χ0) is 14.5. The molecule has 1 amide bonds. The number of rotatable bonds is 4. The summed E-state index contributed by atoms with van der Waals surface area (Å²) in [6.45, 7) is 4.00. The molecule has 3 nitrogen and oxygen atoms in total. The molecule has 2 N–H and O–H groups in total. The van der Waals surface area contributed by atoms with Gasteiger partial charge in [0.05, 0.1) is 0 Å². The Bertz CT molecular complexity index is 590. The summed E-state index contributed by atoms with van der Waals surface area (Å²) >= 11 is 0. The molecule has 0 aliphatic rings. The molecule has 0 saturated heterocycles. The molecule has 0 aliphatic carbocycles. The number of amides is 1. The molecule has 2 aromatic carbocycles. The summed E-state index contributed by atoms with van der Waals surface area (Å²) in [7, 11) is 0. The minimum absolute atomic E-state index is 0.408. The predicted molar refractivity (Wildman–Crippen MR) is 80.6 cm³/mol. The normalized spacial score (nSPS) is 11.9. The lowest BCUT2D eigenvalue weighted by Crippen LogP contribution is -2.21. The number of hydrogen-bond acceptors (Lipinski definition) is 2. The second-order valence-corrected chi connectivity index (χ2v) is 4.81. The lowest BCUT2D eigenvalue weighted by atomic mass is 10.1. The number of benzene rings is 2. The molecule has 0 spiro atoms. The quantitative estimate of drug-likeness (QED) is 0.895. The number of carbonyl (C=O) groups excluding carboxylic acids is 1. The number of aliphatic hydroxyl groups excluding tert-OH is 1. The highest BCUT2D eigenvalue weighted by molar-refractivity contribution is 5.95. The van der Waals surface area contributed by atoms with E-state index in [1.165, 1.54) is 0 Å². The maximum atomic E-state index is 12.1. The van der Waals surface area contributed by atoms with Crippen LogP contribution in [0.3, 0.4) is 0 Å². The van der Waals surface area contributed by atoms with Gasteiger partial charge in [0.1, 0.15) is 0 Å². The van der Waals surface area contributed by atoms with Crippen molar-refractivity contribution in [3.05, 3.63) is 65.2 Å². The van der Waals surface area contributed by atoms with Gasteiger partial charge in [-0.2, -0.15) is 0 Å². The van der Waals surface area contributed by atoms with Crippen molar-refractivity contribution in [2.45, 2.75) is 26.4 Å². The first kappa shape index (κ1) is 14.3. The Balaban J connectivity index is 2.13. The number of aryl methyl sites for hydroxylation is 2. The third-order valence-electron chi connectivity index (χ3n) is 3.30. The van der Waals surface area contributed by atoms with E-state index in [-0.39, 0.29) is 0 Å². The SMILES string of the molecule is CCc1ccccc1NC(=O)C(O)c1ccc(C)cc1. The second kappa shape index (κ2) is 6.35. The Morgan fingerprint density at radius 1 is 1.15 bits per heavy atom. The molecular weight excluding hydrogens is 250 g/mol. The third-order valence-corrected chi connectivity index (χ3v) is 3.30. The van der Waals surface area contributed by atoms with Crippen molar-refractivity contribution in [2.75, 3.05) is 5.32 Å². The first-order valence-corrected chi connectivity index (χ1v) is 6.75. The average Bonchev–Trinajstić information content (AvgIpc) is 2.48. The number of hydrogen-bond donors (Lipinski definition) is 2. The maximum Gasteiger partial charge on any atom is 0.257 e. The number of para-hydroxylation sites is 1. The van der Waals surface area contributed by atoms with E-state index >= 15 is 0 Å². The minimum Gasteiger partial charge on any atom is -0.378 e. The molecule has 0 heterocycles. The number of carbonyl (C=O) groups is 1. The van der Waals surface area contributed by atoms with Crippen LogP contribution in [0.15, 0.2) is 48.5 Å². The van der Waals surface area contributed by atoms with Gasteiger partial charge in [-0.1, -0.05) is 55.0 Å². The van der Waals surface area contributed by atoms with Crippen LogP contribution >= 0.6 is 0 Å². The van der Waals surface area contributed by atoms with Crippen molar-refractivity contribution in [3.8, 4) is 0 Å². The van der Waals surface area contributed by atoms with Crippen LogP contribution in [0.25, 0.3) is 0 Å². The van der Waals surface area contributed by atoms with Crippen LogP contribution in [0.4, 0.5) is 5.69 Å². The molecule has 0 fully saturated rings. The van der Waals surface area contributed by atoms with E-state index in [0.717, 1.165) is 23.2 Å². The van der Waals surface area contributed by atoms with Gasteiger partial charge in [-0.15, -0.1) is 0 Å². The van der Waals surface area contributed by atoms with E-state index in [9.17, 15) is 9.90 Å². The Labute approximate surface area is 119 Å². The zero-order valence-corrected chi connectivity index (χ0v) is 11.8. The summed E-state index contributed by atoms with van der Waals surface area (Å²) in [6, 6.07) is 14.9. The van der Waals surface area contributed by atoms with Crippen molar-refractivity contribution in [2.24, 2.45) is 0 Å². The standard InChI is InChI=1S/C17H19NO2/c1-3-13-6-4-5-7-15(13)18-17(20)16(19)14-10-8-12(2)9-11-14/h4-11,16,19H,3H2,1-2H3,(H,18,20). The molecule has 0 aromatic heterocycles. The fourth-order valence-electron chi connectivity index (χ4n) is 2.05. The van der Waals surface area contributed by atoms with E-state index < -0.39 is 12.0 Å². The molecule has 2 rings (SSSR count). The smallest absolute Gasteiger partial charge is 0.257 e. The molecule has 0 aliphatic heterocycles. The lowest BCUT2D eigenvalue weighted by Gasteiger charge is -2.14. The third kappa shape index (κ3) is 3.25. The largest absolute Gasteiger partial charge is 0.378 e. The highest BCUT2D eigenvalue weighted by Crippen LogP contribution is 2.19. The molecule has 104 valence electrons. The van der Waals surface area contributed by atoms with Gasteiger partial charge in [-0.05, 0) is 30.5 Å². The fraction of sp³-hybridized carbons (Fsp3) is 0.235. The van der Waals surface area contributed by atoms with Crippen molar-refractivity contribution < 1.29 is 9.90 Å². The highest BCUT2D eigenvalue weighted by atomic mass is 16.3.